The number of rotatable bonds is 4. The molecule has 1 aliphatic heterocycles. The quantitative estimate of drug-likeness (QED) is 0.724. The van der Waals surface area contributed by atoms with Crippen molar-refractivity contribution in [3.63, 3.8) is 0 Å². The Morgan fingerprint density at radius 1 is 1.18 bits per heavy atom. The van der Waals surface area contributed by atoms with Crippen LogP contribution in [0.4, 0.5) is 0 Å². The van der Waals surface area contributed by atoms with E-state index in [0.717, 1.165) is 31.8 Å². The lowest BCUT2D eigenvalue weighted by atomic mass is 10.2. The molecule has 0 unspecified atom stereocenters. The lowest BCUT2D eigenvalue weighted by Crippen LogP contribution is -2.49. The molecule has 0 spiro atoms. The van der Waals surface area contributed by atoms with Crippen molar-refractivity contribution in [2.75, 3.05) is 32.7 Å². The van der Waals surface area contributed by atoms with Crippen LogP contribution in [0, 0.1) is 5.92 Å². The van der Waals surface area contributed by atoms with E-state index < -0.39 is 5.97 Å². The van der Waals surface area contributed by atoms with Crippen LogP contribution in [0.25, 0.3) is 0 Å². The molecule has 5 heteroatoms. The monoisotopic (exact) mass is 240 g/mol. The van der Waals surface area contributed by atoms with E-state index in [1.54, 1.807) is 4.90 Å². The molecule has 1 aliphatic rings. The molecule has 0 aliphatic carbocycles. The predicted molar refractivity (Wildman–Crippen MR) is 64.6 cm³/mol. The zero-order chi connectivity index (χ0) is 12.8. The lowest BCUT2D eigenvalue weighted by molar-refractivity contribution is -0.132. The zero-order valence-electron chi connectivity index (χ0n) is 10.4. The van der Waals surface area contributed by atoms with Crippen molar-refractivity contribution < 1.29 is 14.7 Å². The van der Waals surface area contributed by atoms with Crippen LogP contribution in [-0.2, 0) is 9.59 Å². The third kappa shape index (κ3) is 4.99. The van der Waals surface area contributed by atoms with E-state index in [1.807, 2.05) is 0 Å². The van der Waals surface area contributed by atoms with Crippen molar-refractivity contribution >= 4 is 11.9 Å². The highest BCUT2D eigenvalue weighted by Gasteiger charge is 2.19. The van der Waals surface area contributed by atoms with Gasteiger partial charge in [-0.2, -0.15) is 0 Å². The molecule has 0 saturated carbocycles. The van der Waals surface area contributed by atoms with Gasteiger partial charge in [0, 0.05) is 44.9 Å². The molecule has 1 N–H and O–H groups in total. The number of nitrogens with zero attached hydrogens (tertiary/aromatic N) is 2. The molecule has 1 heterocycles. The van der Waals surface area contributed by atoms with Crippen LogP contribution in [-0.4, -0.2) is 59.5 Å². The average Bonchev–Trinajstić information content (AvgIpc) is 2.26. The van der Waals surface area contributed by atoms with Crippen LogP contribution < -0.4 is 0 Å². The molecule has 1 amide bonds. The SMILES string of the molecule is CC(C)CN1CCN(C(=O)C=CC(=O)O)CC1. The van der Waals surface area contributed by atoms with E-state index in [9.17, 15) is 9.59 Å². The number of carbonyl (C=O) groups excluding carboxylic acids is 1. The minimum absolute atomic E-state index is 0.211. The van der Waals surface area contributed by atoms with E-state index in [1.165, 1.54) is 0 Å². The highest BCUT2D eigenvalue weighted by Crippen LogP contribution is 2.05. The van der Waals surface area contributed by atoms with Gasteiger partial charge in [0.05, 0.1) is 0 Å². The van der Waals surface area contributed by atoms with Gasteiger partial charge in [-0.1, -0.05) is 13.8 Å². The van der Waals surface area contributed by atoms with Crippen molar-refractivity contribution in [3.8, 4) is 0 Å². The summed E-state index contributed by atoms with van der Waals surface area (Å²) in [5.41, 5.74) is 0. The van der Waals surface area contributed by atoms with E-state index >= 15 is 0 Å². The van der Waals surface area contributed by atoms with Crippen molar-refractivity contribution in [2.45, 2.75) is 13.8 Å². The fourth-order valence-electron chi connectivity index (χ4n) is 1.92. The molecule has 5 nitrogen and oxygen atoms in total. The molecule has 0 aromatic carbocycles. The summed E-state index contributed by atoms with van der Waals surface area (Å²) in [4.78, 5) is 25.9. The Labute approximate surface area is 102 Å². The van der Waals surface area contributed by atoms with Crippen molar-refractivity contribution in [1.82, 2.24) is 9.80 Å². The number of aliphatic carboxylic acids is 1. The number of hydrogen-bond acceptors (Lipinski definition) is 3. The molecule has 1 rings (SSSR count). The number of carbonyl (C=O) groups is 2. The number of hydrogen-bond donors (Lipinski definition) is 1. The van der Waals surface area contributed by atoms with Gasteiger partial charge in [-0.05, 0) is 5.92 Å². The van der Waals surface area contributed by atoms with Gasteiger partial charge < -0.3 is 10.0 Å². The van der Waals surface area contributed by atoms with E-state index in [0.29, 0.717) is 19.0 Å². The van der Waals surface area contributed by atoms with E-state index in [-0.39, 0.29) is 5.91 Å². The second-order valence-corrected chi connectivity index (χ2v) is 4.69. The fraction of sp³-hybridized carbons (Fsp3) is 0.667. The lowest BCUT2D eigenvalue weighted by Gasteiger charge is -2.35. The van der Waals surface area contributed by atoms with Gasteiger partial charge in [-0.3, -0.25) is 9.69 Å². The fourth-order valence-corrected chi connectivity index (χ4v) is 1.92. The summed E-state index contributed by atoms with van der Waals surface area (Å²) >= 11 is 0. The van der Waals surface area contributed by atoms with Gasteiger partial charge in [-0.15, -0.1) is 0 Å². The average molecular weight is 240 g/mol. The van der Waals surface area contributed by atoms with Crippen LogP contribution >= 0.6 is 0 Å². The first kappa shape index (κ1) is 13.7. The molecule has 0 aromatic heterocycles. The Hall–Kier alpha value is -1.36. The van der Waals surface area contributed by atoms with Gasteiger partial charge >= 0.3 is 5.97 Å². The molecular formula is C12H20N2O3. The van der Waals surface area contributed by atoms with Gasteiger partial charge in [-0.25, -0.2) is 4.79 Å². The van der Waals surface area contributed by atoms with Gasteiger partial charge in [0.25, 0.3) is 0 Å². The highest BCUT2D eigenvalue weighted by molar-refractivity contribution is 5.93. The predicted octanol–water partition coefficient (Wildman–Crippen LogP) is 0.427. The smallest absolute Gasteiger partial charge is 0.328 e. The highest BCUT2D eigenvalue weighted by atomic mass is 16.4. The maximum atomic E-state index is 11.6. The van der Waals surface area contributed by atoms with Crippen molar-refractivity contribution in [1.29, 1.82) is 0 Å². The minimum Gasteiger partial charge on any atom is -0.478 e. The topological polar surface area (TPSA) is 60.9 Å². The molecule has 1 saturated heterocycles. The Bertz CT molecular complexity index is 305. The summed E-state index contributed by atoms with van der Waals surface area (Å²) in [6, 6.07) is 0. The van der Waals surface area contributed by atoms with Gasteiger partial charge in [0.1, 0.15) is 0 Å². The Kier molecular flexibility index (Phi) is 5.15. The second-order valence-electron chi connectivity index (χ2n) is 4.69. The third-order valence-electron chi connectivity index (χ3n) is 2.68. The Balaban J connectivity index is 2.36. The summed E-state index contributed by atoms with van der Waals surface area (Å²) in [7, 11) is 0. The Morgan fingerprint density at radius 2 is 1.76 bits per heavy atom. The van der Waals surface area contributed by atoms with Crippen LogP contribution in [0.3, 0.4) is 0 Å². The maximum absolute atomic E-state index is 11.6. The first-order valence-corrected chi connectivity index (χ1v) is 5.91. The molecule has 0 radical (unpaired) electrons. The molecule has 0 aromatic rings. The van der Waals surface area contributed by atoms with Crippen molar-refractivity contribution in [2.24, 2.45) is 5.92 Å². The molecule has 17 heavy (non-hydrogen) atoms. The Morgan fingerprint density at radius 3 is 2.24 bits per heavy atom. The van der Waals surface area contributed by atoms with Crippen LogP contribution in [0.2, 0.25) is 0 Å². The number of amides is 1. The largest absolute Gasteiger partial charge is 0.478 e. The zero-order valence-corrected chi connectivity index (χ0v) is 10.4. The normalized spacial score (nSPS) is 17.9. The van der Waals surface area contributed by atoms with E-state index in [2.05, 4.69) is 18.7 Å². The minimum atomic E-state index is -1.09. The van der Waals surface area contributed by atoms with Crippen LogP contribution in [0.1, 0.15) is 13.8 Å². The molecule has 0 bridgehead atoms. The van der Waals surface area contributed by atoms with Gasteiger partial charge in [0.2, 0.25) is 5.91 Å². The maximum Gasteiger partial charge on any atom is 0.328 e. The first-order valence-electron chi connectivity index (χ1n) is 5.91. The van der Waals surface area contributed by atoms with Crippen molar-refractivity contribution in [3.05, 3.63) is 12.2 Å². The number of carboxylic acids is 1. The molecule has 0 atom stereocenters. The summed E-state index contributed by atoms with van der Waals surface area (Å²) in [6.45, 7) is 8.48. The molecule has 1 fully saturated rings. The van der Waals surface area contributed by atoms with Crippen LogP contribution in [0.15, 0.2) is 12.2 Å². The standard InChI is InChI=1S/C12H20N2O3/c1-10(2)9-13-5-7-14(8-6-13)11(15)3-4-12(16)17/h3-4,10H,5-9H2,1-2H3,(H,16,17). The summed E-state index contributed by atoms with van der Waals surface area (Å²) in [5.74, 6) is -0.669. The first-order chi connectivity index (χ1) is 7.99. The van der Waals surface area contributed by atoms with Gasteiger partial charge in [0.15, 0.2) is 0 Å². The molecule has 96 valence electrons. The van der Waals surface area contributed by atoms with Crippen LogP contribution in [0.5, 0.6) is 0 Å². The third-order valence-corrected chi connectivity index (χ3v) is 2.68. The summed E-state index contributed by atoms with van der Waals surface area (Å²) in [5, 5.41) is 8.44. The second kappa shape index (κ2) is 6.39. The summed E-state index contributed by atoms with van der Waals surface area (Å²) in [6.07, 6.45) is 2.02. The summed E-state index contributed by atoms with van der Waals surface area (Å²) < 4.78 is 0. The number of carboxylic acid groups (broad SMARTS) is 1. The molecular weight excluding hydrogens is 220 g/mol. The number of piperazine rings is 1. The van der Waals surface area contributed by atoms with E-state index in [4.69, 9.17) is 5.11 Å².